The van der Waals surface area contributed by atoms with Gasteiger partial charge in [0.25, 0.3) is 0 Å². The van der Waals surface area contributed by atoms with Gasteiger partial charge in [0.2, 0.25) is 0 Å². The minimum Gasteiger partial charge on any atom is -0.309 e. The molecule has 1 aromatic rings. The molecule has 1 heterocycles. The highest BCUT2D eigenvalue weighted by Crippen LogP contribution is 2.37. The molecule has 1 aliphatic heterocycles. The van der Waals surface area contributed by atoms with Crippen molar-refractivity contribution in [3.63, 3.8) is 0 Å². The lowest BCUT2D eigenvalue weighted by molar-refractivity contribution is 0.471. The van der Waals surface area contributed by atoms with Crippen LogP contribution in [-0.4, -0.2) is 17.0 Å². The van der Waals surface area contributed by atoms with Gasteiger partial charge in [0.15, 0.2) is 0 Å². The number of hydrogen-bond acceptors (Lipinski definition) is 2. The van der Waals surface area contributed by atoms with Crippen LogP contribution in [0.5, 0.6) is 0 Å². The third-order valence-corrected chi connectivity index (χ3v) is 5.37. The molecule has 0 aliphatic carbocycles. The largest absolute Gasteiger partial charge is 0.309 e. The summed E-state index contributed by atoms with van der Waals surface area (Å²) in [6, 6.07) is 2.41. The maximum atomic E-state index is 13.9. The molecule has 106 valence electrons. The van der Waals surface area contributed by atoms with E-state index in [4.69, 9.17) is 0 Å². The Labute approximate surface area is 118 Å². The number of aryl methyl sites for hydroxylation is 1. The Hall–Kier alpha value is -0.610. The molecule has 0 amide bonds. The molecule has 19 heavy (non-hydrogen) atoms. The molecule has 4 heteroatoms. The van der Waals surface area contributed by atoms with Crippen LogP contribution in [0.1, 0.15) is 43.9 Å². The predicted octanol–water partition coefficient (Wildman–Crippen LogP) is 4.21. The maximum absolute atomic E-state index is 13.9. The van der Waals surface area contributed by atoms with Gasteiger partial charge in [-0.2, -0.15) is 11.8 Å². The first-order chi connectivity index (χ1) is 8.91. The lowest BCUT2D eigenvalue weighted by Crippen LogP contribution is -2.34. The van der Waals surface area contributed by atoms with Crippen molar-refractivity contribution < 1.29 is 8.78 Å². The first kappa shape index (κ1) is 14.8. The van der Waals surface area contributed by atoms with Gasteiger partial charge in [-0.05, 0) is 57.1 Å². The van der Waals surface area contributed by atoms with Gasteiger partial charge in [-0.1, -0.05) is 0 Å². The molecule has 1 saturated heterocycles. The zero-order chi connectivity index (χ0) is 14.0. The zero-order valence-corrected chi connectivity index (χ0v) is 12.5. The van der Waals surface area contributed by atoms with Crippen molar-refractivity contribution in [3.8, 4) is 0 Å². The summed E-state index contributed by atoms with van der Waals surface area (Å²) in [5.41, 5.74) is 0.765. The third kappa shape index (κ3) is 3.48. The van der Waals surface area contributed by atoms with E-state index in [-0.39, 0.29) is 22.4 Å². The summed E-state index contributed by atoms with van der Waals surface area (Å²) >= 11 is 1.96. The average molecular weight is 285 g/mol. The summed E-state index contributed by atoms with van der Waals surface area (Å²) in [5.74, 6) is 0.523. The van der Waals surface area contributed by atoms with E-state index in [9.17, 15) is 8.78 Å². The fourth-order valence-electron chi connectivity index (χ4n) is 2.45. The Morgan fingerprint density at radius 1 is 1.37 bits per heavy atom. The van der Waals surface area contributed by atoms with E-state index in [0.29, 0.717) is 11.1 Å². The number of thioether (sulfide) groups is 1. The van der Waals surface area contributed by atoms with E-state index in [2.05, 4.69) is 12.2 Å². The van der Waals surface area contributed by atoms with Gasteiger partial charge < -0.3 is 5.32 Å². The monoisotopic (exact) mass is 285 g/mol. The molecule has 1 fully saturated rings. The molecule has 0 saturated carbocycles. The Kier molecular flexibility index (Phi) is 4.51. The maximum Gasteiger partial charge on any atom is 0.128 e. The molecule has 2 atom stereocenters. The van der Waals surface area contributed by atoms with E-state index in [1.165, 1.54) is 30.7 Å². The Morgan fingerprint density at radius 3 is 2.74 bits per heavy atom. The van der Waals surface area contributed by atoms with E-state index in [1.54, 1.807) is 6.92 Å². The van der Waals surface area contributed by atoms with Crippen molar-refractivity contribution in [3.05, 3.63) is 34.9 Å². The smallest absolute Gasteiger partial charge is 0.128 e. The normalized spacial score (nSPS) is 24.7. The molecule has 0 radical (unpaired) electrons. The predicted molar refractivity (Wildman–Crippen MR) is 77.6 cm³/mol. The summed E-state index contributed by atoms with van der Waals surface area (Å²) in [5, 5.41) is 3.34. The van der Waals surface area contributed by atoms with Gasteiger partial charge in [-0.15, -0.1) is 0 Å². The Balaban J connectivity index is 2.03. The molecular formula is C15H21F2NS. The molecule has 1 aromatic carbocycles. The number of hydrogen-bond donors (Lipinski definition) is 1. The quantitative estimate of drug-likeness (QED) is 0.889. The molecule has 1 nitrogen and oxygen atoms in total. The topological polar surface area (TPSA) is 12.0 Å². The van der Waals surface area contributed by atoms with Crippen molar-refractivity contribution >= 4 is 11.8 Å². The minimum atomic E-state index is -0.341. The number of nitrogens with one attached hydrogen (secondary N) is 1. The van der Waals surface area contributed by atoms with Crippen LogP contribution < -0.4 is 5.32 Å². The van der Waals surface area contributed by atoms with Crippen LogP contribution in [0.25, 0.3) is 0 Å². The molecule has 1 aliphatic rings. The van der Waals surface area contributed by atoms with Crippen LogP contribution in [0.15, 0.2) is 12.1 Å². The van der Waals surface area contributed by atoms with Crippen LogP contribution in [0.4, 0.5) is 8.78 Å². The summed E-state index contributed by atoms with van der Waals surface area (Å²) < 4.78 is 27.6. The second-order valence-electron chi connectivity index (χ2n) is 5.63. The second-order valence-corrected chi connectivity index (χ2v) is 7.31. The van der Waals surface area contributed by atoms with Gasteiger partial charge in [0.1, 0.15) is 11.6 Å². The average Bonchev–Trinajstić information content (AvgIpc) is 2.78. The Bertz CT molecular complexity index is 456. The highest BCUT2D eigenvalue weighted by atomic mass is 32.2. The van der Waals surface area contributed by atoms with E-state index in [1.807, 2.05) is 18.7 Å². The minimum absolute atomic E-state index is 0.173. The zero-order valence-electron chi connectivity index (χ0n) is 11.7. The molecule has 2 rings (SSSR count). The van der Waals surface area contributed by atoms with Crippen LogP contribution in [0, 0.1) is 18.6 Å². The van der Waals surface area contributed by atoms with E-state index < -0.39 is 0 Å². The molecule has 2 unspecified atom stereocenters. The molecule has 0 aromatic heterocycles. The van der Waals surface area contributed by atoms with Crippen LogP contribution in [0.2, 0.25) is 0 Å². The van der Waals surface area contributed by atoms with Crippen LogP contribution in [-0.2, 0) is 0 Å². The lowest BCUT2D eigenvalue weighted by atomic mass is 10.0. The van der Waals surface area contributed by atoms with Gasteiger partial charge in [0, 0.05) is 22.9 Å². The fraction of sp³-hybridized carbons (Fsp3) is 0.600. The lowest BCUT2D eigenvalue weighted by Gasteiger charge is -2.26. The summed E-state index contributed by atoms with van der Waals surface area (Å²) in [6.45, 7) is 6.52. The van der Waals surface area contributed by atoms with Crippen molar-refractivity contribution in [2.24, 2.45) is 0 Å². The fourth-order valence-corrected chi connectivity index (χ4v) is 3.70. The van der Waals surface area contributed by atoms with Crippen LogP contribution in [0.3, 0.4) is 0 Å². The second kappa shape index (κ2) is 5.80. The first-order valence-corrected chi connectivity index (χ1v) is 7.73. The molecule has 1 N–H and O–H groups in total. The van der Waals surface area contributed by atoms with Crippen molar-refractivity contribution in [2.45, 2.75) is 44.4 Å². The van der Waals surface area contributed by atoms with Crippen molar-refractivity contribution in [2.75, 3.05) is 12.3 Å². The van der Waals surface area contributed by atoms with Gasteiger partial charge in [0.05, 0.1) is 0 Å². The van der Waals surface area contributed by atoms with Crippen molar-refractivity contribution in [1.82, 2.24) is 5.32 Å². The SMILES string of the molecule is Cc1cc(F)c(C(C)NCC2(C)CCCS2)cc1F. The number of rotatable bonds is 4. The summed E-state index contributed by atoms with van der Waals surface area (Å²) in [7, 11) is 0. The standard InChI is InChI=1S/C15H21F2NS/c1-10-7-14(17)12(8-13(10)16)11(2)18-9-15(3)5-4-6-19-15/h7-8,11,18H,4-6,9H2,1-3H3. The molecule has 0 spiro atoms. The summed E-state index contributed by atoms with van der Waals surface area (Å²) in [6.07, 6.45) is 2.42. The highest BCUT2D eigenvalue weighted by Gasteiger charge is 2.29. The van der Waals surface area contributed by atoms with Gasteiger partial charge in [-0.25, -0.2) is 8.78 Å². The van der Waals surface area contributed by atoms with E-state index in [0.717, 1.165) is 6.54 Å². The van der Waals surface area contributed by atoms with E-state index >= 15 is 0 Å². The van der Waals surface area contributed by atoms with Gasteiger partial charge in [-0.3, -0.25) is 0 Å². The third-order valence-electron chi connectivity index (χ3n) is 3.83. The van der Waals surface area contributed by atoms with Crippen molar-refractivity contribution in [1.29, 1.82) is 0 Å². The first-order valence-electron chi connectivity index (χ1n) is 6.74. The summed E-state index contributed by atoms with van der Waals surface area (Å²) in [4.78, 5) is 0. The number of halogens is 2. The Morgan fingerprint density at radius 2 is 2.11 bits per heavy atom. The highest BCUT2D eigenvalue weighted by molar-refractivity contribution is 8.00. The van der Waals surface area contributed by atoms with Crippen LogP contribution >= 0.6 is 11.8 Å². The number of benzene rings is 1. The molecular weight excluding hydrogens is 264 g/mol. The van der Waals surface area contributed by atoms with Gasteiger partial charge >= 0.3 is 0 Å². The molecule has 0 bridgehead atoms.